The second-order valence-electron chi connectivity index (χ2n) is 9.13. The number of rotatable bonds is 13. The number of nitrogen functional groups attached to an aromatic ring is 1. The third-order valence-electron chi connectivity index (χ3n) is 6.17. The molecule has 1 atom stereocenters. The van der Waals surface area contributed by atoms with Crippen LogP contribution in [0.1, 0.15) is 34.6 Å². The minimum Gasteiger partial charge on any atom is -0.494 e. The molecule has 10 nitrogen and oxygen atoms in total. The zero-order valence-electron chi connectivity index (χ0n) is 23.0. The molecule has 0 aliphatic carbocycles. The fourth-order valence-corrected chi connectivity index (χ4v) is 4.97. The van der Waals surface area contributed by atoms with Crippen molar-refractivity contribution >= 4 is 45.6 Å². The van der Waals surface area contributed by atoms with Gasteiger partial charge < -0.3 is 31.2 Å². The molecule has 0 bridgehead atoms. The van der Waals surface area contributed by atoms with Crippen LogP contribution in [0, 0.1) is 5.82 Å². The largest absolute Gasteiger partial charge is 0.494 e. The lowest BCUT2D eigenvalue weighted by Crippen LogP contribution is -2.39. The van der Waals surface area contributed by atoms with Gasteiger partial charge in [0.2, 0.25) is 11.7 Å². The van der Waals surface area contributed by atoms with Gasteiger partial charge in [0.1, 0.15) is 34.1 Å². The normalized spacial score (nSPS) is 11.4. The Labute approximate surface area is 246 Å². The quantitative estimate of drug-likeness (QED) is 0.196. The summed E-state index contributed by atoms with van der Waals surface area (Å²) in [6.45, 7) is 4.21. The molecule has 0 aliphatic rings. The number of aromatic nitrogens is 1. The van der Waals surface area contributed by atoms with Gasteiger partial charge in [0, 0.05) is 17.8 Å². The van der Waals surface area contributed by atoms with Gasteiger partial charge in [-0.05, 0) is 80.1 Å². The Morgan fingerprint density at radius 3 is 2.21 bits per heavy atom. The molecule has 1 aromatic heterocycles. The number of hydrogen-bond acceptors (Lipinski definition) is 9. The number of halogens is 1. The average molecular weight is 592 g/mol. The van der Waals surface area contributed by atoms with Gasteiger partial charge in [-0.3, -0.25) is 14.4 Å². The van der Waals surface area contributed by atoms with Crippen LogP contribution in [-0.4, -0.2) is 41.8 Å². The van der Waals surface area contributed by atoms with Crippen LogP contribution in [0.2, 0.25) is 0 Å². The number of anilines is 3. The first-order valence-corrected chi connectivity index (χ1v) is 13.8. The predicted octanol–water partition coefficient (Wildman–Crippen LogP) is 4.20. The summed E-state index contributed by atoms with van der Waals surface area (Å²) in [5.41, 5.74) is 13.3. The number of ketones is 1. The fraction of sp³-hybridized carbons (Fsp3) is 0.200. The number of nitrogens with zero attached hydrogens (tertiary/aromatic N) is 2. The van der Waals surface area contributed by atoms with Gasteiger partial charge in [0.05, 0.1) is 6.61 Å². The van der Waals surface area contributed by atoms with Gasteiger partial charge in [-0.1, -0.05) is 23.5 Å². The molecule has 0 radical (unpaired) electrons. The van der Waals surface area contributed by atoms with E-state index in [9.17, 15) is 18.8 Å². The highest BCUT2D eigenvalue weighted by Crippen LogP contribution is 2.36. The van der Waals surface area contributed by atoms with Crippen LogP contribution in [0.15, 0.2) is 72.8 Å². The summed E-state index contributed by atoms with van der Waals surface area (Å²) >= 11 is 0.988. The van der Waals surface area contributed by atoms with Gasteiger partial charge in [-0.2, -0.15) is 0 Å². The van der Waals surface area contributed by atoms with Crippen molar-refractivity contribution in [1.82, 2.24) is 10.3 Å². The smallest absolute Gasteiger partial charge is 0.258 e. The number of nitrogens with two attached hydrogens (primary N) is 2. The molecular formula is C30H30FN5O5S. The average Bonchev–Trinajstić information content (AvgIpc) is 3.37. The van der Waals surface area contributed by atoms with E-state index in [1.54, 1.807) is 31.2 Å². The summed E-state index contributed by atoms with van der Waals surface area (Å²) in [4.78, 5) is 43.5. The number of benzene rings is 3. The van der Waals surface area contributed by atoms with Crippen molar-refractivity contribution in [3.05, 3.63) is 94.6 Å². The Bertz CT molecular complexity index is 1540. The molecule has 3 aromatic carbocycles. The van der Waals surface area contributed by atoms with E-state index in [4.69, 9.17) is 20.9 Å². The van der Waals surface area contributed by atoms with E-state index in [0.29, 0.717) is 30.2 Å². The number of ether oxygens (including phenoxy) is 2. The van der Waals surface area contributed by atoms with Crippen LogP contribution in [0.5, 0.6) is 11.5 Å². The zero-order chi connectivity index (χ0) is 30.2. The lowest BCUT2D eigenvalue weighted by Gasteiger charge is -2.26. The highest BCUT2D eigenvalue weighted by atomic mass is 32.1. The van der Waals surface area contributed by atoms with Crippen molar-refractivity contribution in [1.29, 1.82) is 0 Å². The maximum Gasteiger partial charge on any atom is 0.258 e. The summed E-state index contributed by atoms with van der Waals surface area (Å²) in [5, 5.41) is 3.04. The molecule has 4 rings (SSSR count). The Hall–Kier alpha value is -4.97. The van der Waals surface area contributed by atoms with Crippen LogP contribution in [-0.2, 0) is 16.1 Å². The lowest BCUT2D eigenvalue weighted by atomic mass is 10.1. The Morgan fingerprint density at radius 1 is 0.976 bits per heavy atom. The third-order valence-corrected chi connectivity index (χ3v) is 7.24. The molecule has 0 fully saturated rings. The van der Waals surface area contributed by atoms with Crippen molar-refractivity contribution in [3.8, 4) is 11.5 Å². The highest BCUT2D eigenvalue weighted by molar-refractivity contribution is 7.18. The monoisotopic (exact) mass is 591 g/mol. The van der Waals surface area contributed by atoms with Gasteiger partial charge in [0.25, 0.3) is 5.91 Å². The molecule has 218 valence electrons. The molecule has 2 amide bonds. The van der Waals surface area contributed by atoms with Crippen molar-refractivity contribution < 1.29 is 28.2 Å². The molecule has 0 saturated heterocycles. The molecule has 42 heavy (non-hydrogen) atoms. The van der Waals surface area contributed by atoms with Crippen LogP contribution in [0.25, 0.3) is 0 Å². The summed E-state index contributed by atoms with van der Waals surface area (Å²) in [6.07, 6.45) is 0. The number of thiazole rings is 1. The molecule has 0 aliphatic heterocycles. The fourth-order valence-electron chi connectivity index (χ4n) is 3.92. The Morgan fingerprint density at radius 2 is 1.60 bits per heavy atom. The molecule has 0 spiro atoms. The first-order valence-electron chi connectivity index (χ1n) is 13.0. The minimum atomic E-state index is -0.849. The Balaban J connectivity index is 1.38. The number of nitrogens with one attached hydrogen (secondary N) is 1. The van der Waals surface area contributed by atoms with E-state index < -0.39 is 17.8 Å². The van der Waals surface area contributed by atoms with E-state index in [0.717, 1.165) is 22.6 Å². The van der Waals surface area contributed by atoms with E-state index in [2.05, 4.69) is 10.3 Å². The molecule has 0 saturated carbocycles. The highest BCUT2D eigenvalue weighted by Gasteiger charge is 2.27. The van der Waals surface area contributed by atoms with Crippen LogP contribution >= 0.6 is 11.3 Å². The van der Waals surface area contributed by atoms with E-state index in [1.807, 2.05) is 31.2 Å². The van der Waals surface area contributed by atoms with Crippen molar-refractivity contribution in [2.24, 2.45) is 5.73 Å². The number of carbonyl (C=O) groups excluding carboxylic acids is 3. The van der Waals surface area contributed by atoms with Crippen LogP contribution in [0.4, 0.5) is 21.0 Å². The molecule has 12 heteroatoms. The van der Waals surface area contributed by atoms with E-state index in [1.165, 1.54) is 29.2 Å². The van der Waals surface area contributed by atoms with Crippen molar-refractivity contribution in [3.63, 3.8) is 0 Å². The number of hydrogen-bond donors (Lipinski definition) is 3. The number of carbonyl (C=O) groups is 3. The number of amides is 2. The molecule has 4 aromatic rings. The predicted molar refractivity (Wildman–Crippen MR) is 159 cm³/mol. The second-order valence-corrected chi connectivity index (χ2v) is 10.1. The van der Waals surface area contributed by atoms with E-state index in [-0.39, 0.29) is 34.1 Å². The summed E-state index contributed by atoms with van der Waals surface area (Å²) in [5.74, 6) is -0.627. The van der Waals surface area contributed by atoms with Gasteiger partial charge in [-0.15, -0.1) is 0 Å². The maximum atomic E-state index is 13.5. The molecule has 1 heterocycles. The standard InChI is InChI=1S/C30H30FN5O5S/c1-3-40-23-12-4-19(5-13-23)16-34-25(37)17-41-24-14-6-20(7-15-24)26(38)27-28(32)35-30(42-27)36(18(2)29(33)39)22-10-8-21(31)9-11-22/h4-15,18H,3,16-17,32H2,1-2H3,(H2,33,39)(H,34,37)/t18-/m1/s1. The summed E-state index contributed by atoms with van der Waals surface area (Å²) in [7, 11) is 0. The maximum absolute atomic E-state index is 13.5. The first kappa shape index (κ1) is 30.0. The summed E-state index contributed by atoms with van der Waals surface area (Å²) < 4.78 is 24.5. The van der Waals surface area contributed by atoms with Crippen molar-refractivity contribution in [2.45, 2.75) is 26.4 Å². The van der Waals surface area contributed by atoms with Crippen LogP contribution < -0.4 is 31.2 Å². The van der Waals surface area contributed by atoms with Crippen molar-refractivity contribution in [2.75, 3.05) is 23.8 Å². The van der Waals surface area contributed by atoms with Gasteiger partial charge >= 0.3 is 0 Å². The molecule has 0 unspecified atom stereocenters. The SMILES string of the molecule is CCOc1ccc(CNC(=O)COc2ccc(C(=O)c3sc(N(c4ccc(F)cc4)[C@H](C)C(N)=O)nc3N)cc2)cc1. The molecule has 5 N–H and O–H groups in total. The van der Waals surface area contributed by atoms with E-state index >= 15 is 0 Å². The third kappa shape index (κ3) is 7.40. The minimum absolute atomic E-state index is 0.0201. The second kappa shape index (κ2) is 13.6. The Kier molecular flexibility index (Phi) is 9.71. The lowest BCUT2D eigenvalue weighted by molar-refractivity contribution is -0.123. The number of primary amides is 1. The van der Waals surface area contributed by atoms with Crippen LogP contribution in [0.3, 0.4) is 0 Å². The zero-order valence-corrected chi connectivity index (χ0v) is 23.8. The topological polar surface area (TPSA) is 150 Å². The van der Waals surface area contributed by atoms with Gasteiger partial charge in [0.15, 0.2) is 11.7 Å². The first-order chi connectivity index (χ1) is 20.2. The summed E-state index contributed by atoms with van der Waals surface area (Å²) in [6, 6.07) is 18.3. The van der Waals surface area contributed by atoms with Gasteiger partial charge in [-0.25, -0.2) is 9.37 Å². The molecular weight excluding hydrogens is 561 g/mol.